The van der Waals surface area contributed by atoms with Gasteiger partial charge in [0.05, 0.1) is 0 Å². The van der Waals surface area contributed by atoms with Crippen LogP contribution in [-0.4, -0.2) is 24.6 Å². The summed E-state index contributed by atoms with van der Waals surface area (Å²) in [4.78, 5) is 11.6. The second-order valence-corrected chi connectivity index (χ2v) is 4.96. The summed E-state index contributed by atoms with van der Waals surface area (Å²) in [5, 5.41) is 10.2. The SMILES string of the molecule is CNNc1cccc(C(=N)NC(=O)OC(C)(C)C)c1. The molecule has 1 aromatic carbocycles. The highest BCUT2D eigenvalue weighted by Gasteiger charge is 2.17. The second kappa shape index (κ2) is 6.19. The minimum atomic E-state index is -0.635. The van der Waals surface area contributed by atoms with Gasteiger partial charge in [0.25, 0.3) is 0 Å². The van der Waals surface area contributed by atoms with Gasteiger partial charge in [-0.05, 0) is 32.9 Å². The fourth-order valence-corrected chi connectivity index (χ4v) is 1.37. The van der Waals surface area contributed by atoms with E-state index in [0.29, 0.717) is 5.56 Å². The maximum atomic E-state index is 11.6. The molecule has 0 saturated carbocycles. The number of hydrazine groups is 1. The van der Waals surface area contributed by atoms with Gasteiger partial charge in [-0.25, -0.2) is 10.2 Å². The topological polar surface area (TPSA) is 86.2 Å². The number of amides is 1. The standard InChI is InChI=1S/C13H20N4O2/c1-13(2,3)19-12(18)16-11(14)9-6-5-7-10(8-9)17-15-4/h5-8,15,17H,1-4H3,(H2,14,16,18). The van der Waals surface area contributed by atoms with E-state index in [-0.39, 0.29) is 5.84 Å². The van der Waals surface area contributed by atoms with E-state index in [1.54, 1.807) is 46.0 Å². The van der Waals surface area contributed by atoms with Gasteiger partial charge in [-0.1, -0.05) is 12.1 Å². The van der Waals surface area contributed by atoms with Gasteiger partial charge in [-0.3, -0.25) is 10.7 Å². The fraction of sp³-hybridized carbons (Fsp3) is 0.385. The quantitative estimate of drug-likeness (QED) is 0.382. The van der Waals surface area contributed by atoms with Crippen molar-refractivity contribution in [1.29, 1.82) is 5.41 Å². The summed E-state index contributed by atoms with van der Waals surface area (Å²) in [6.07, 6.45) is -0.635. The number of ether oxygens (including phenoxy) is 1. The third kappa shape index (κ3) is 5.39. The minimum Gasteiger partial charge on any atom is -0.444 e. The van der Waals surface area contributed by atoms with Crippen LogP contribution in [-0.2, 0) is 4.74 Å². The molecule has 0 aliphatic heterocycles. The molecule has 4 N–H and O–H groups in total. The van der Waals surface area contributed by atoms with E-state index in [2.05, 4.69) is 16.2 Å². The van der Waals surface area contributed by atoms with Gasteiger partial charge in [-0.2, -0.15) is 0 Å². The lowest BCUT2D eigenvalue weighted by atomic mass is 10.2. The summed E-state index contributed by atoms with van der Waals surface area (Å²) in [7, 11) is 1.75. The number of alkyl carbamates (subject to hydrolysis) is 1. The Labute approximate surface area is 113 Å². The molecular formula is C13H20N4O2. The lowest BCUT2D eigenvalue weighted by Gasteiger charge is -2.19. The Morgan fingerprint density at radius 3 is 2.58 bits per heavy atom. The van der Waals surface area contributed by atoms with Gasteiger partial charge in [0, 0.05) is 18.3 Å². The van der Waals surface area contributed by atoms with E-state index in [1.165, 1.54) is 0 Å². The molecular weight excluding hydrogens is 244 g/mol. The lowest BCUT2D eigenvalue weighted by molar-refractivity contribution is 0.0563. The van der Waals surface area contributed by atoms with Crippen molar-refractivity contribution in [1.82, 2.24) is 10.7 Å². The van der Waals surface area contributed by atoms with Crippen molar-refractivity contribution in [2.24, 2.45) is 0 Å². The Balaban J connectivity index is 2.68. The number of benzene rings is 1. The molecule has 0 heterocycles. The summed E-state index contributed by atoms with van der Waals surface area (Å²) in [5.41, 5.74) is 6.50. The van der Waals surface area contributed by atoms with Crippen LogP contribution >= 0.6 is 0 Å². The zero-order chi connectivity index (χ0) is 14.5. The number of anilines is 1. The fourth-order valence-electron chi connectivity index (χ4n) is 1.37. The Morgan fingerprint density at radius 2 is 2.00 bits per heavy atom. The molecule has 0 aliphatic rings. The van der Waals surface area contributed by atoms with Gasteiger partial charge in [0.1, 0.15) is 11.4 Å². The van der Waals surface area contributed by atoms with Gasteiger partial charge >= 0.3 is 6.09 Å². The zero-order valence-electron chi connectivity index (χ0n) is 11.6. The number of amidine groups is 1. The largest absolute Gasteiger partial charge is 0.444 e. The Bertz CT molecular complexity index is 466. The number of hydrogen-bond donors (Lipinski definition) is 4. The first-order valence-corrected chi connectivity index (χ1v) is 5.93. The summed E-state index contributed by atoms with van der Waals surface area (Å²) in [5.74, 6) is -0.00555. The van der Waals surface area contributed by atoms with Crippen molar-refractivity contribution in [3.05, 3.63) is 29.8 Å². The molecule has 0 atom stereocenters. The first-order valence-electron chi connectivity index (χ1n) is 5.93. The highest BCUT2D eigenvalue weighted by Crippen LogP contribution is 2.10. The molecule has 1 amide bonds. The third-order valence-corrected chi connectivity index (χ3v) is 2.05. The van der Waals surface area contributed by atoms with Crippen LogP contribution in [0.3, 0.4) is 0 Å². The molecule has 104 valence electrons. The number of nitrogens with one attached hydrogen (secondary N) is 4. The van der Waals surface area contributed by atoms with Gasteiger partial charge < -0.3 is 10.2 Å². The third-order valence-electron chi connectivity index (χ3n) is 2.05. The maximum absolute atomic E-state index is 11.6. The first-order chi connectivity index (χ1) is 8.81. The first kappa shape index (κ1) is 15.0. The van der Waals surface area contributed by atoms with Gasteiger partial charge in [-0.15, -0.1) is 0 Å². The van der Waals surface area contributed by atoms with Crippen LogP contribution in [0.15, 0.2) is 24.3 Å². The van der Waals surface area contributed by atoms with E-state index in [1.807, 2.05) is 6.07 Å². The predicted molar refractivity (Wildman–Crippen MR) is 75.3 cm³/mol. The van der Waals surface area contributed by atoms with Crippen LogP contribution in [0.5, 0.6) is 0 Å². The zero-order valence-corrected chi connectivity index (χ0v) is 11.6. The van der Waals surface area contributed by atoms with Crippen molar-refractivity contribution < 1.29 is 9.53 Å². The number of carbonyl (C=O) groups is 1. The van der Waals surface area contributed by atoms with E-state index in [0.717, 1.165) is 5.69 Å². The Kier molecular flexibility index (Phi) is 4.88. The number of rotatable bonds is 3. The van der Waals surface area contributed by atoms with E-state index < -0.39 is 11.7 Å². The van der Waals surface area contributed by atoms with E-state index >= 15 is 0 Å². The molecule has 0 aliphatic carbocycles. The van der Waals surface area contributed by atoms with Crippen LogP contribution in [0.25, 0.3) is 0 Å². The van der Waals surface area contributed by atoms with Crippen LogP contribution in [0, 0.1) is 5.41 Å². The highest BCUT2D eigenvalue weighted by atomic mass is 16.6. The van der Waals surface area contributed by atoms with E-state index in [9.17, 15) is 4.79 Å². The molecule has 0 spiro atoms. The van der Waals surface area contributed by atoms with Crippen molar-refractivity contribution in [2.45, 2.75) is 26.4 Å². The molecule has 0 unspecified atom stereocenters. The van der Waals surface area contributed by atoms with Gasteiger partial charge in [0.15, 0.2) is 0 Å². The van der Waals surface area contributed by atoms with Crippen molar-refractivity contribution in [3.63, 3.8) is 0 Å². The number of hydrogen-bond acceptors (Lipinski definition) is 5. The highest BCUT2D eigenvalue weighted by molar-refractivity contribution is 6.05. The number of carbonyl (C=O) groups excluding carboxylic acids is 1. The van der Waals surface area contributed by atoms with Crippen LogP contribution in [0.4, 0.5) is 10.5 Å². The van der Waals surface area contributed by atoms with Gasteiger partial charge in [0.2, 0.25) is 0 Å². The molecule has 6 heteroatoms. The molecule has 0 aromatic heterocycles. The van der Waals surface area contributed by atoms with Crippen molar-refractivity contribution >= 4 is 17.6 Å². The maximum Gasteiger partial charge on any atom is 0.413 e. The Hall–Kier alpha value is -2.08. The predicted octanol–water partition coefficient (Wildman–Crippen LogP) is 2.08. The molecule has 1 rings (SSSR count). The molecule has 0 radical (unpaired) electrons. The van der Waals surface area contributed by atoms with E-state index in [4.69, 9.17) is 10.1 Å². The normalized spacial score (nSPS) is 10.7. The minimum absolute atomic E-state index is 0.00555. The molecule has 0 fully saturated rings. The molecule has 0 saturated heterocycles. The second-order valence-electron chi connectivity index (χ2n) is 4.96. The molecule has 19 heavy (non-hydrogen) atoms. The monoisotopic (exact) mass is 264 g/mol. The van der Waals surface area contributed by atoms with Crippen LogP contribution in [0.1, 0.15) is 26.3 Å². The van der Waals surface area contributed by atoms with Crippen molar-refractivity contribution in [2.75, 3.05) is 12.5 Å². The Morgan fingerprint density at radius 1 is 1.32 bits per heavy atom. The smallest absolute Gasteiger partial charge is 0.413 e. The summed E-state index contributed by atoms with van der Waals surface area (Å²) >= 11 is 0. The van der Waals surface area contributed by atoms with Crippen molar-refractivity contribution in [3.8, 4) is 0 Å². The molecule has 6 nitrogen and oxygen atoms in total. The summed E-state index contributed by atoms with van der Waals surface area (Å²) < 4.78 is 5.09. The lowest BCUT2D eigenvalue weighted by Crippen LogP contribution is -2.36. The molecule has 0 bridgehead atoms. The summed E-state index contributed by atoms with van der Waals surface area (Å²) in [6.45, 7) is 5.31. The van der Waals surface area contributed by atoms with Crippen LogP contribution < -0.4 is 16.2 Å². The average Bonchev–Trinajstić information content (AvgIpc) is 2.27. The average molecular weight is 264 g/mol. The molecule has 1 aromatic rings. The van der Waals surface area contributed by atoms with Crippen LogP contribution in [0.2, 0.25) is 0 Å². The summed E-state index contributed by atoms with van der Waals surface area (Å²) in [6, 6.07) is 7.12.